The maximum absolute atomic E-state index is 10.9. The Morgan fingerprint density at radius 2 is 2.00 bits per heavy atom. The maximum Gasteiger partial charge on any atom is 0.273 e. The van der Waals surface area contributed by atoms with Crippen LogP contribution in [0.2, 0.25) is 0 Å². The molecule has 1 N–H and O–H groups in total. The molecule has 0 heterocycles. The lowest BCUT2D eigenvalue weighted by Gasteiger charge is -2.13. The third-order valence-corrected chi connectivity index (χ3v) is 3.32. The van der Waals surface area contributed by atoms with Gasteiger partial charge in [-0.25, -0.2) is 0 Å². The minimum absolute atomic E-state index is 0.202. The molecule has 0 saturated carbocycles. The van der Waals surface area contributed by atoms with Crippen LogP contribution in [0.25, 0.3) is 0 Å². The van der Waals surface area contributed by atoms with Crippen molar-refractivity contribution in [2.45, 2.75) is 58.5 Å². The first-order valence-electron chi connectivity index (χ1n) is 7.10. The van der Waals surface area contributed by atoms with Crippen molar-refractivity contribution in [2.75, 3.05) is 0 Å². The Balaban J connectivity index is 2.37. The van der Waals surface area contributed by atoms with Gasteiger partial charge in [0.15, 0.2) is 0 Å². The molecule has 0 bridgehead atoms. The maximum atomic E-state index is 10.9. The van der Waals surface area contributed by atoms with Gasteiger partial charge in [0, 0.05) is 24.2 Å². The fraction of sp³-hybridized carbons (Fsp3) is 0.600. The van der Waals surface area contributed by atoms with Crippen LogP contribution in [-0.2, 0) is 6.54 Å². The molecule has 0 saturated heterocycles. The van der Waals surface area contributed by atoms with Gasteiger partial charge < -0.3 is 5.32 Å². The summed E-state index contributed by atoms with van der Waals surface area (Å²) in [5.74, 6) is 0. The van der Waals surface area contributed by atoms with Gasteiger partial charge in [-0.3, -0.25) is 10.1 Å². The zero-order chi connectivity index (χ0) is 14.1. The largest absolute Gasteiger partial charge is 0.310 e. The molecule has 0 aliphatic rings. The number of para-hydroxylation sites is 1. The summed E-state index contributed by atoms with van der Waals surface area (Å²) in [7, 11) is 0. The summed E-state index contributed by atoms with van der Waals surface area (Å²) in [6.07, 6.45) is 6.16. The lowest BCUT2D eigenvalue weighted by Crippen LogP contribution is -2.25. The molecular weight excluding hydrogens is 240 g/mol. The highest BCUT2D eigenvalue weighted by molar-refractivity contribution is 5.39. The molecule has 1 unspecified atom stereocenters. The summed E-state index contributed by atoms with van der Waals surface area (Å²) in [4.78, 5) is 10.6. The first-order chi connectivity index (χ1) is 9.15. The van der Waals surface area contributed by atoms with Crippen molar-refractivity contribution in [3.8, 4) is 0 Å². The van der Waals surface area contributed by atoms with Gasteiger partial charge in [-0.1, -0.05) is 50.8 Å². The predicted molar refractivity (Wildman–Crippen MR) is 78.2 cm³/mol. The van der Waals surface area contributed by atoms with Gasteiger partial charge in [0.25, 0.3) is 5.69 Å². The van der Waals surface area contributed by atoms with E-state index in [0.717, 1.165) is 12.0 Å². The number of unbranched alkanes of at least 4 members (excludes halogenated alkanes) is 3. The number of nitrogens with one attached hydrogen (secondary N) is 1. The van der Waals surface area contributed by atoms with Gasteiger partial charge >= 0.3 is 0 Å². The van der Waals surface area contributed by atoms with E-state index in [-0.39, 0.29) is 10.6 Å². The monoisotopic (exact) mass is 264 g/mol. The van der Waals surface area contributed by atoms with E-state index in [1.807, 2.05) is 12.1 Å². The molecule has 0 aliphatic carbocycles. The van der Waals surface area contributed by atoms with Crippen LogP contribution in [0.15, 0.2) is 24.3 Å². The normalized spacial score (nSPS) is 12.3. The Kier molecular flexibility index (Phi) is 7.11. The fourth-order valence-electron chi connectivity index (χ4n) is 2.10. The summed E-state index contributed by atoms with van der Waals surface area (Å²) < 4.78 is 0. The number of rotatable bonds is 9. The molecule has 1 aromatic carbocycles. The highest BCUT2D eigenvalue weighted by Crippen LogP contribution is 2.17. The number of nitro groups is 1. The van der Waals surface area contributed by atoms with E-state index in [2.05, 4.69) is 19.2 Å². The summed E-state index contributed by atoms with van der Waals surface area (Å²) in [5.41, 5.74) is 0.959. The number of hydrogen-bond acceptors (Lipinski definition) is 3. The molecule has 106 valence electrons. The number of nitro benzene ring substituents is 1. The van der Waals surface area contributed by atoms with E-state index >= 15 is 0 Å². The van der Waals surface area contributed by atoms with Crippen molar-refractivity contribution in [1.82, 2.24) is 5.32 Å². The van der Waals surface area contributed by atoms with E-state index in [4.69, 9.17) is 0 Å². The number of hydrogen-bond donors (Lipinski definition) is 1. The lowest BCUT2D eigenvalue weighted by molar-refractivity contribution is -0.385. The van der Waals surface area contributed by atoms with Gasteiger partial charge in [-0.05, 0) is 13.3 Å². The first-order valence-corrected chi connectivity index (χ1v) is 7.10. The summed E-state index contributed by atoms with van der Waals surface area (Å²) in [5, 5.41) is 14.3. The van der Waals surface area contributed by atoms with Crippen LogP contribution in [0.3, 0.4) is 0 Å². The third kappa shape index (κ3) is 5.83. The first kappa shape index (κ1) is 15.6. The van der Waals surface area contributed by atoms with E-state index < -0.39 is 0 Å². The van der Waals surface area contributed by atoms with E-state index in [0.29, 0.717) is 12.6 Å². The smallest absolute Gasteiger partial charge is 0.273 e. The SMILES string of the molecule is CCCCCCC(C)NCc1ccccc1[N+](=O)[O-]. The van der Waals surface area contributed by atoms with Gasteiger partial charge in [0.05, 0.1) is 4.92 Å². The standard InChI is InChI=1S/C15H24N2O2/c1-3-4-5-6-9-13(2)16-12-14-10-7-8-11-15(14)17(18)19/h7-8,10-11,13,16H,3-6,9,12H2,1-2H3. The summed E-state index contributed by atoms with van der Waals surface area (Å²) in [6.45, 7) is 4.91. The Morgan fingerprint density at radius 3 is 2.68 bits per heavy atom. The average Bonchev–Trinajstić information content (AvgIpc) is 2.41. The molecule has 0 spiro atoms. The molecule has 1 rings (SSSR count). The Bertz CT molecular complexity index is 393. The molecule has 0 aromatic heterocycles. The van der Waals surface area contributed by atoms with Crippen molar-refractivity contribution in [1.29, 1.82) is 0 Å². The number of benzene rings is 1. The van der Waals surface area contributed by atoms with Crippen molar-refractivity contribution < 1.29 is 4.92 Å². The Hall–Kier alpha value is -1.42. The molecule has 0 aliphatic heterocycles. The Labute approximate surface area is 115 Å². The topological polar surface area (TPSA) is 55.2 Å². The third-order valence-electron chi connectivity index (χ3n) is 3.32. The van der Waals surface area contributed by atoms with Crippen LogP contribution in [0.5, 0.6) is 0 Å². The van der Waals surface area contributed by atoms with Crippen molar-refractivity contribution >= 4 is 5.69 Å². The van der Waals surface area contributed by atoms with Crippen LogP contribution in [0.1, 0.15) is 51.5 Å². The van der Waals surface area contributed by atoms with Crippen LogP contribution in [-0.4, -0.2) is 11.0 Å². The summed E-state index contributed by atoms with van der Waals surface area (Å²) >= 11 is 0. The molecule has 0 amide bonds. The van der Waals surface area contributed by atoms with Crippen molar-refractivity contribution in [3.63, 3.8) is 0 Å². The second kappa shape index (κ2) is 8.64. The van der Waals surface area contributed by atoms with E-state index in [1.54, 1.807) is 12.1 Å². The molecule has 1 atom stereocenters. The molecule has 4 heteroatoms. The second-order valence-electron chi connectivity index (χ2n) is 5.02. The minimum atomic E-state index is -0.317. The summed E-state index contributed by atoms with van der Waals surface area (Å²) in [6, 6.07) is 7.32. The molecule has 1 aromatic rings. The van der Waals surface area contributed by atoms with Gasteiger partial charge in [-0.15, -0.1) is 0 Å². The Morgan fingerprint density at radius 1 is 1.26 bits per heavy atom. The highest BCUT2D eigenvalue weighted by Gasteiger charge is 2.12. The predicted octanol–water partition coefficient (Wildman–Crippen LogP) is 4.04. The molecule has 0 fully saturated rings. The fourth-order valence-corrected chi connectivity index (χ4v) is 2.10. The van der Waals surface area contributed by atoms with E-state index in [9.17, 15) is 10.1 Å². The van der Waals surface area contributed by atoms with Crippen molar-refractivity contribution in [2.24, 2.45) is 0 Å². The van der Waals surface area contributed by atoms with E-state index in [1.165, 1.54) is 25.7 Å². The van der Waals surface area contributed by atoms with Crippen LogP contribution in [0, 0.1) is 10.1 Å². The molecule has 0 radical (unpaired) electrons. The zero-order valence-electron chi connectivity index (χ0n) is 11.9. The molecule has 19 heavy (non-hydrogen) atoms. The van der Waals surface area contributed by atoms with Crippen LogP contribution in [0.4, 0.5) is 5.69 Å². The van der Waals surface area contributed by atoms with Gasteiger partial charge in [0.2, 0.25) is 0 Å². The van der Waals surface area contributed by atoms with Crippen molar-refractivity contribution in [3.05, 3.63) is 39.9 Å². The van der Waals surface area contributed by atoms with Gasteiger partial charge in [0.1, 0.15) is 0 Å². The average molecular weight is 264 g/mol. The molecular formula is C15H24N2O2. The number of nitrogens with zero attached hydrogens (tertiary/aromatic N) is 1. The lowest BCUT2D eigenvalue weighted by atomic mass is 10.1. The highest BCUT2D eigenvalue weighted by atomic mass is 16.6. The van der Waals surface area contributed by atoms with Gasteiger partial charge in [-0.2, -0.15) is 0 Å². The molecule has 4 nitrogen and oxygen atoms in total. The zero-order valence-corrected chi connectivity index (χ0v) is 11.9. The van der Waals surface area contributed by atoms with Crippen LogP contribution >= 0.6 is 0 Å². The minimum Gasteiger partial charge on any atom is -0.310 e. The quantitative estimate of drug-likeness (QED) is 0.416. The van der Waals surface area contributed by atoms with Crippen LogP contribution < -0.4 is 5.32 Å². The second-order valence-corrected chi connectivity index (χ2v) is 5.02.